The number of fused-ring (bicyclic) bond motifs is 2. The van der Waals surface area contributed by atoms with Gasteiger partial charge in [-0.05, 0) is 70.9 Å². The molecule has 0 aliphatic rings. The third kappa shape index (κ3) is 3.34. The molecule has 160 valence electrons. The number of nitrogens with zero attached hydrogens (tertiary/aromatic N) is 1. The molecule has 6 rings (SSSR count). The summed E-state index contributed by atoms with van der Waals surface area (Å²) in [5.74, 6) is 1.82. The molecule has 0 amide bonds. The van der Waals surface area contributed by atoms with Crippen LogP contribution in [0.25, 0.3) is 55.6 Å². The average molecular weight is 434 g/mol. The summed E-state index contributed by atoms with van der Waals surface area (Å²) in [6, 6.07) is 24.9. The lowest BCUT2D eigenvalue weighted by molar-refractivity contribution is 0.415. The maximum absolute atomic E-state index is 13.6. The van der Waals surface area contributed by atoms with Gasteiger partial charge in [-0.2, -0.15) is 0 Å². The van der Waals surface area contributed by atoms with Gasteiger partial charge in [-0.1, -0.05) is 24.3 Å². The van der Waals surface area contributed by atoms with Crippen LogP contribution >= 0.6 is 0 Å². The Bertz CT molecular complexity index is 1610. The molecule has 2 heterocycles. The van der Waals surface area contributed by atoms with E-state index in [1.54, 1.807) is 13.3 Å². The normalized spacial score (nSPS) is 11.3. The van der Waals surface area contributed by atoms with E-state index in [1.807, 2.05) is 48.7 Å². The predicted molar refractivity (Wildman–Crippen MR) is 129 cm³/mol. The highest BCUT2D eigenvalue weighted by Crippen LogP contribution is 2.35. The van der Waals surface area contributed by atoms with Gasteiger partial charge in [-0.15, -0.1) is 0 Å². The molecule has 0 saturated carbocycles. The molecule has 4 aromatic carbocycles. The van der Waals surface area contributed by atoms with E-state index in [2.05, 4.69) is 34.2 Å². The monoisotopic (exact) mass is 434 g/mol. The molecule has 0 aliphatic heterocycles. The molecular weight excluding hydrogens is 415 g/mol. The molecule has 0 atom stereocenters. The van der Waals surface area contributed by atoms with Crippen molar-refractivity contribution in [2.45, 2.75) is 0 Å². The largest absolute Gasteiger partial charge is 0.497 e. The van der Waals surface area contributed by atoms with Crippen LogP contribution in [0.3, 0.4) is 0 Å². The standard InChI is InChI=1S/C28H19FN2O2/c1-32-21-9-5-17(6-10-21)27-16-31-28(33-27)24-4-2-3-18-13-19(7-11-22(18)24)25-15-30-26-14-20(29)8-12-23(25)26/h2-16,30H,1H3. The fourth-order valence-corrected chi connectivity index (χ4v) is 4.26. The van der Waals surface area contributed by atoms with Crippen molar-refractivity contribution in [1.29, 1.82) is 0 Å². The number of nitrogens with one attached hydrogen (secondary N) is 1. The van der Waals surface area contributed by atoms with Gasteiger partial charge in [-0.3, -0.25) is 0 Å². The molecule has 33 heavy (non-hydrogen) atoms. The summed E-state index contributed by atoms with van der Waals surface area (Å²) in [4.78, 5) is 7.70. The van der Waals surface area contributed by atoms with Crippen molar-refractivity contribution in [2.24, 2.45) is 0 Å². The Labute approximate surface area is 189 Å². The lowest BCUT2D eigenvalue weighted by Gasteiger charge is -2.07. The molecule has 0 bridgehead atoms. The van der Waals surface area contributed by atoms with Crippen molar-refractivity contribution in [3.8, 4) is 39.7 Å². The number of hydrogen-bond acceptors (Lipinski definition) is 3. The third-order valence-electron chi connectivity index (χ3n) is 5.95. The molecule has 2 aromatic heterocycles. The molecule has 0 fully saturated rings. The molecule has 1 N–H and O–H groups in total. The van der Waals surface area contributed by atoms with Crippen LogP contribution in [0.1, 0.15) is 0 Å². The number of oxazole rings is 1. The van der Waals surface area contributed by atoms with Gasteiger partial charge in [0.1, 0.15) is 11.6 Å². The predicted octanol–water partition coefficient (Wildman–Crippen LogP) is 7.46. The molecule has 0 radical (unpaired) electrons. The maximum Gasteiger partial charge on any atom is 0.227 e. The molecule has 0 aliphatic carbocycles. The van der Waals surface area contributed by atoms with Crippen molar-refractivity contribution < 1.29 is 13.5 Å². The first kappa shape index (κ1) is 19.3. The molecule has 0 saturated heterocycles. The van der Waals surface area contributed by atoms with Gasteiger partial charge in [0.25, 0.3) is 0 Å². The quantitative estimate of drug-likeness (QED) is 0.313. The second kappa shape index (κ2) is 7.64. The van der Waals surface area contributed by atoms with E-state index < -0.39 is 0 Å². The van der Waals surface area contributed by atoms with Crippen LogP contribution in [0.2, 0.25) is 0 Å². The van der Waals surface area contributed by atoms with Crippen LogP contribution in [0.15, 0.2) is 95.7 Å². The molecule has 6 aromatic rings. The lowest BCUT2D eigenvalue weighted by atomic mass is 9.98. The Kier molecular flexibility index (Phi) is 4.47. The lowest BCUT2D eigenvalue weighted by Crippen LogP contribution is -1.83. The highest BCUT2D eigenvalue weighted by molar-refractivity contribution is 6.01. The number of benzene rings is 4. The second-order valence-electron chi connectivity index (χ2n) is 7.89. The van der Waals surface area contributed by atoms with Gasteiger partial charge in [0.2, 0.25) is 5.89 Å². The Morgan fingerprint density at radius 2 is 1.67 bits per heavy atom. The number of ether oxygens (including phenoxy) is 1. The first-order valence-electron chi connectivity index (χ1n) is 10.6. The molecule has 0 unspecified atom stereocenters. The minimum absolute atomic E-state index is 0.251. The van der Waals surface area contributed by atoms with Gasteiger partial charge >= 0.3 is 0 Å². The van der Waals surface area contributed by atoms with Crippen LogP contribution in [0.4, 0.5) is 4.39 Å². The van der Waals surface area contributed by atoms with Crippen molar-refractivity contribution in [2.75, 3.05) is 7.11 Å². The van der Waals surface area contributed by atoms with Crippen LogP contribution in [-0.2, 0) is 0 Å². The van der Waals surface area contributed by atoms with E-state index >= 15 is 0 Å². The summed E-state index contributed by atoms with van der Waals surface area (Å²) < 4.78 is 24.9. The number of aromatic nitrogens is 2. The van der Waals surface area contributed by atoms with Gasteiger partial charge < -0.3 is 14.1 Å². The van der Waals surface area contributed by atoms with Gasteiger partial charge in [0.15, 0.2) is 5.76 Å². The number of hydrogen-bond donors (Lipinski definition) is 1. The Morgan fingerprint density at radius 1 is 0.848 bits per heavy atom. The minimum Gasteiger partial charge on any atom is -0.497 e. The highest BCUT2D eigenvalue weighted by atomic mass is 19.1. The number of H-pyrrole nitrogens is 1. The molecule has 4 nitrogen and oxygen atoms in total. The summed E-state index contributed by atoms with van der Waals surface area (Å²) in [7, 11) is 1.64. The van der Waals surface area contributed by atoms with Crippen molar-refractivity contribution in [3.05, 3.63) is 97.1 Å². The number of methoxy groups -OCH3 is 1. The van der Waals surface area contributed by atoms with Crippen molar-refractivity contribution in [3.63, 3.8) is 0 Å². The van der Waals surface area contributed by atoms with Crippen LogP contribution < -0.4 is 4.74 Å². The van der Waals surface area contributed by atoms with Crippen LogP contribution in [0, 0.1) is 5.82 Å². The topological polar surface area (TPSA) is 51.0 Å². The second-order valence-corrected chi connectivity index (χ2v) is 7.89. The van der Waals surface area contributed by atoms with E-state index in [-0.39, 0.29) is 5.82 Å². The number of rotatable bonds is 4. The average Bonchev–Trinajstić information content (AvgIpc) is 3.51. The summed E-state index contributed by atoms with van der Waals surface area (Å²) in [6.07, 6.45) is 3.67. The highest BCUT2D eigenvalue weighted by Gasteiger charge is 2.13. The zero-order chi connectivity index (χ0) is 22.4. The van der Waals surface area contributed by atoms with E-state index in [9.17, 15) is 4.39 Å². The Morgan fingerprint density at radius 3 is 2.52 bits per heavy atom. The molecule has 0 spiro atoms. The van der Waals surface area contributed by atoms with E-state index in [1.165, 1.54) is 12.1 Å². The summed E-state index contributed by atoms with van der Waals surface area (Å²) in [6.45, 7) is 0. The Hall–Kier alpha value is -4.38. The smallest absolute Gasteiger partial charge is 0.227 e. The minimum atomic E-state index is -0.251. The number of aromatic amines is 1. The maximum atomic E-state index is 13.6. The Balaban J connectivity index is 1.40. The van der Waals surface area contributed by atoms with E-state index in [4.69, 9.17) is 9.15 Å². The van der Waals surface area contributed by atoms with Crippen LogP contribution in [0.5, 0.6) is 5.75 Å². The van der Waals surface area contributed by atoms with E-state index in [0.29, 0.717) is 11.7 Å². The van der Waals surface area contributed by atoms with Crippen LogP contribution in [-0.4, -0.2) is 17.1 Å². The first-order chi connectivity index (χ1) is 16.2. The van der Waals surface area contributed by atoms with Gasteiger partial charge in [-0.25, -0.2) is 9.37 Å². The van der Waals surface area contributed by atoms with Gasteiger partial charge in [0.05, 0.1) is 13.3 Å². The first-order valence-corrected chi connectivity index (χ1v) is 10.6. The molecule has 5 heteroatoms. The van der Waals surface area contributed by atoms with E-state index in [0.717, 1.165) is 49.7 Å². The third-order valence-corrected chi connectivity index (χ3v) is 5.95. The fourth-order valence-electron chi connectivity index (χ4n) is 4.26. The van der Waals surface area contributed by atoms with Gasteiger partial charge in [0, 0.05) is 33.8 Å². The fraction of sp³-hybridized carbons (Fsp3) is 0.0357. The summed E-state index contributed by atoms with van der Waals surface area (Å²) in [5.41, 5.74) is 4.75. The van der Waals surface area contributed by atoms with Crippen molar-refractivity contribution in [1.82, 2.24) is 9.97 Å². The number of halogens is 1. The summed E-state index contributed by atoms with van der Waals surface area (Å²) in [5, 5.41) is 3.12. The zero-order valence-electron chi connectivity index (χ0n) is 17.8. The summed E-state index contributed by atoms with van der Waals surface area (Å²) >= 11 is 0. The zero-order valence-corrected chi connectivity index (χ0v) is 17.8. The molecular formula is C28H19FN2O2. The van der Waals surface area contributed by atoms with Crippen molar-refractivity contribution >= 4 is 21.7 Å². The SMILES string of the molecule is COc1ccc(-c2cnc(-c3cccc4cc(-c5c[nH]c6cc(F)ccc56)ccc34)o2)cc1.